The van der Waals surface area contributed by atoms with E-state index in [1.165, 1.54) is 29.7 Å². The lowest BCUT2D eigenvalue weighted by atomic mass is 10.1. The second kappa shape index (κ2) is 6.54. The number of rotatable bonds is 5. The van der Waals surface area contributed by atoms with E-state index in [4.69, 9.17) is 0 Å². The average molecular weight is 352 g/mol. The third-order valence-corrected chi connectivity index (χ3v) is 5.47. The summed E-state index contributed by atoms with van der Waals surface area (Å²) in [7, 11) is 2.18. The van der Waals surface area contributed by atoms with E-state index in [2.05, 4.69) is 39.4 Å². The van der Waals surface area contributed by atoms with E-state index in [1.807, 2.05) is 13.0 Å². The van der Waals surface area contributed by atoms with Crippen molar-refractivity contribution in [2.24, 2.45) is 0 Å². The van der Waals surface area contributed by atoms with Gasteiger partial charge in [-0.1, -0.05) is 17.4 Å². The van der Waals surface area contributed by atoms with E-state index in [9.17, 15) is 4.79 Å². The number of thiazole rings is 1. The topological polar surface area (TPSA) is 58.1 Å². The lowest BCUT2D eigenvalue weighted by Gasteiger charge is -2.15. The molecule has 0 saturated heterocycles. The minimum absolute atomic E-state index is 0.146. The highest BCUT2D eigenvalue weighted by Crippen LogP contribution is 2.30. The standard InChI is InChI=1S/C19H20N4OS/c1-12-10-20-8-7-15(12)18(24)22-19-21-16-6-3-13(9-17(16)25-19)11-23(2)14-4-5-14/h3,6-10,14H,4-5,11H2,1-2H3,(H,21,22,24). The van der Waals surface area contributed by atoms with Crippen LogP contribution in [0.15, 0.2) is 36.7 Å². The molecule has 0 atom stereocenters. The molecule has 1 N–H and O–H groups in total. The second-order valence-corrected chi connectivity index (χ2v) is 7.64. The van der Waals surface area contributed by atoms with Gasteiger partial charge >= 0.3 is 0 Å². The number of aryl methyl sites for hydroxylation is 1. The number of fused-ring (bicyclic) bond motifs is 1. The Hall–Kier alpha value is -2.31. The molecule has 0 unspecified atom stereocenters. The van der Waals surface area contributed by atoms with Crippen LogP contribution in [-0.2, 0) is 6.54 Å². The maximum atomic E-state index is 12.4. The molecular weight excluding hydrogens is 332 g/mol. The Balaban J connectivity index is 1.52. The highest BCUT2D eigenvalue weighted by atomic mass is 32.1. The Bertz CT molecular complexity index is 932. The van der Waals surface area contributed by atoms with E-state index in [1.54, 1.807) is 18.5 Å². The lowest BCUT2D eigenvalue weighted by molar-refractivity contribution is 0.102. The maximum absolute atomic E-state index is 12.4. The van der Waals surface area contributed by atoms with Gasteiger partial charge in [0.05, 0.1) is 10.2 Å². The zero-order valence-corrected chi connectivity index (χ0v) is 15.1. The van der Waals surface area contributed by atoms with Gasteiger partial charge in [-0.15, -0.1) is 0 Å². The molecule has 4 rings (SSSR count). The fourth-order valence-electron chi connectivity index (χ4n) is 2.95. The third kappa shape index (κ3) is 3.55. The molecule has 6 heteroatoms. The Morgan fingerprint density at radius 2 is 2.20 bits per heavy atom. The van der Waals surface area contributed by atoms with Crippen LogP contribution in [0.1, 0.15) is 34.3 Å². The van der Waals surface area contributed by atoms with Crippen LogP contribution >= 0.6 is 11.3 Å². The molecule has 128 valence electrons. The summed E-state index contributed by atoms with van der Waals surface area (Å²) in [6, 6.07) is 8.81. The number of benzene rings is 1. The van der Waals surface area contributed by atoms with E-state index in [0.717, 1.165) is 28.4 Å². The molecule has 0 radical (unpaired) electrons. The molecule has 1 aliphatic rings. The van der Waals surface area contributed by atoms with Gasteiger partial charge in [-0.3, -0.25) is 20.0 Å². The summed E-state index contributed by atoms with van der Waals surface area (Å²) in [4.78, 5) is 23.4. The summed E-state index contributed by atoms with van der Waals surface area (Å²) in [6.07, 6.45) is 5.94. The average Bonchev–Trinajstić information content (AvgIpc) is 3.36. The number of carbonyl (C=O) groups excluding carboxylic acids is 1. The molecule has 1 fully saturated rings. The smallest absolute Gasteiger partial charge is 0.257 e. The number of carbonyl (C=O) groups is 1. The molecule has 1 saturated carbocycles. The Kier molecular flexibility index (Phi) is 4.23. The minimum Gasteiger partial charge on any atom is -0.299 e. The molecule has 2 heterocycles. The van der Waals surface area contributed by atoms with Gasteiger partial charge in [0.25, 0.3) is 5.91 Å². The molecule has 0 aliphatic heterocycles. The van der Waals surface area contributed by atoms with Crippen LogP contribution in [0.25, 0.3) is 10.2 Å². The number of pyridine rings is 1. The molecular formula is C19H20N4OS. The van der Waals surface area contributed by atoms with Crippen molar-refractivity contribution in [2.45, 2.75) is 32.4 Å². The van der Waals surface area contributed by atoms with Gasteiger partial charge in [0.2, 0.25) is 0 Å². The van der Waals surface area contributed by atoms with Crippen molar-refractivity contribution in [1.82, 2.24) is 14.9 Å². The van der Waals surface area contributed by atoms with Crippen LogP contribution in [0.5, 0.6) is 0 Å². The first-order valence-corrected chi connectivity index (χ1v) is 9.23. The van der Waals surface area contributed by atoms with Gasteiger partial charge in [-0.2, -0.15) is 0 Å². The van der Waals surface area contributed by atoms with Gasteiger partial charge in [0, 0.05) is 30.5 Å². The van der Waals surface area contributed by atoms with Crippen molar-refractivity contribution in [2.75, 3.05) is 12.4 Å². The Morgan fingerprint density at radius 3 is 2.96 bits per heavy atom. The number of anilines is 1. The number of nitrogens with zero attached hydrogens (tertiary/aromatic N) is 3. The van der Waals surface area contributed by atoms with Gasteiger partial charge in [0.15, 0.2) is 5.13 Å². The monoisotopic (exact) mass is 352 g/mol. The van der Waals surface area contributed by atoms with E-state index in [0.29, 0.717) is 10.7 Å². The molecule has 5 nitrogen and oxygen atoms in total. The molecule has 1 aliphatic carbocycles. The first-order chi connectivity index (χ1) is 12.1. The lowest BCUT2D eigenvalue weighted by Crippen LogP contribution is -2.19. The first kappa shape index (κ1) is 16.2. The number of aromatic nitrogens is 2. The molecule has 0 spiro atoms. The quantitative estimate of drug-likeness (QED) is 0.758. The molecule has 1 aromatic carbocycles. The van der Waals surface area contributed by atoms with Gasteiger partial charge < -0.3 is 0 Å². The molecule has 3 aromatic rings. The van der Waals surface area contributed by atoms with E-state index >= 15 is 0 Å². The van der Waals surface area contributed by atoms with E-state index in [-0.39, 0.29) is 5.91 Å². The molecule has 1 amide bonds. The summed E-state index contributed by atoms with van der Waals surface area (Å²) < 4.78 is 1.10. The minimum atomic E-state index is -0.146. The maximum Gasteiger partial charge on any atom is 0.257 e. The van der Waals surface area contributed by atoms with Crippen LogP contribution in [-0.4, -0.2) is 33.9 Å². The number of hydrogen-bond donors (Lipinski definition) is 1. The van der Waals surface area contributed by atoms with Crippen LogP contribution in [0.2, 0.25) is 0 Å². The van der Waals surface area contributed by atoms with Gasteiger partial charge in [0.1, 0.15) is 0 Å². The highest BCUT2D eigenvalue weighted by molar-refractivity contribution is 7.22. The third-order valence-electron chi connectivity index (χ3n) is 4.54. The number of hydrogen-bond acceptors (Lipinski definition) is 5. The number of amides is 1. The van der Waals surface area contributed by atoms with Crippen LogP contribution in [0, 0.1) is 6.92 Å². The van der Waals surface area contributed by atoms with Crippen molar-refractivity contribution in [3.63, 3.8) is 0 Å². The second-order valence-electron chi connectivity index (χ2n) is 6.61. The van der Waals surface area contributed by atoms with Crippen molar-refractivity contribution in [3.8, 4) is 0 Å². The number of nitrogens with one attached hydrogen (secondary N) is 1. The van der Waals surface area contributed by atoms with Crippen LogP contribution < -0.4 is 5.32 Å². The molecule has 2 aromatic heterocycles. The fourth-order valence-corrected chi connectivity index (χ4v) is 3.87. The Morgan fingerprint density at radius 1 is 1.36 bits per heavy atom. The predicted octanol–water partition coefficient (Wildman–Crippen LogP) is 3.85. The summed E-state index contributed by atoms with van der Waals surface area (Å²) in [5, 5.41) is 3.54. The van der Waals surface area contributed by atoms with Crippen molar-refractivity contribution < 1.29 is 4.79 Å². The fraction of sp³-hybridized carbons (Fsp3) is 0.316. The van der Waals surface area contributed by atoms with Crippen LogP contribution in [0.3, 0.4) is 0 Å². The van der Waals surface area contributed by atoms with E-state index < -0.39 is 0 Å². The van der Waals surface area contributed by atoms with Gasteiger partial charge in [-0.05, 0) is 56.1 Å². The predicted molar refractivity (Wildman–Crippen MR) is 101 cm³/mol. The summed E-state index contributed by atoms with van der Waals surface area (Å²) in [5.41, 5.74) is 3.69. The summed E-state index contributed by atoms with van der Waals surface area (Å²) >= 11 is 1.51. The Labute approximate surface area is 150 Å². The first-order valence-electron chi connectivity index (χ1n) is 8.42. The van der Waals surface area contributed by atoms with Crippen molar-refractivity contribution in [1.29, 1.82) is 0 Å². The zero-order chi connectivity index (χ0) is 17.4. The van der Waals surface area contributed by atoms with Crippen molar-refractivity contribution in [3.05, 3.63) is 53.3 Å². The van der Waals surface area contributed by atoms with Crippen LogP contribution in [0.4, 0.5) is 5.13 Å². The largest absolute Gasteiger partial charge is 0.299 e. The summed E-state index contributed by atoms with van der Waals surface area (Å²) in [5.74, 6) is -0.146. The van der Waals surface area contributed by atoms with Gasteiger partial charge in [-0.25, -0.2) is 4.98 Å². The molecule has 0 bridgehead atoms. The zero-order valence-electron chi connectivity index (χ0n) is 14.3. The highest BCUT2D eigenvalue weighted by Gasteiger charge is 2.25. The summed E-state index contributed by atoms with van der Waals surface area (Å²) in [6.45, 7) is 2.83. The molecule has 25 heavy (non-hydrogen) atoms. The normalized spacial score (nSPS) is 14.2. The SMILES string of the molecule is Cc1cnccc1C(=O)Nc1nc2ccc(CN(C)C3CC3)cc2s1. The van der Waals surface area contributed by atoms with Crippen molar-refractivity contribution >= 4 is 32.6 Å².